The smallest absolute Gasteiger partial charge is 0.136 e. The average Bonchev–Trinajstić information content (AvgIpc) is 1.98. The van der Waals surface area contributed by atoms with Crippen molar-refractivity contribution in [3.8, 4) is 0 Å². The molecule has 0 radical (unpaired) electrons. The Kier molecular flexibility index (Phi) is 3.63. The van der Waals surface area contributed by atoms with E-state index in [1.807, 2.05) is 26.8 Å². The number of rotatable bonds is 4. The molecule has 0 aromatic carbocycles. The number of hydrogen-bond donors (Lipinski definition) is 1. The quantitative estimate of drug-likeness (QED) is 0.571. The van der Waals surface area contributed by atoms with Crippen LogP contribution in [0.2, 0.25) is 0 Å². The second-order valence-corrected chi connectivity index (χ2v) is 6.72. The molecule has 14 heavy (non-hydrogen) atoms. The largest absolute Gasteiger partial charge is 0.598 e. The third-order valence-corrected chi connectivity index (χ3v) is 3.89. The summed E-state index contributed by atoms with van der Waals surface area (Å²) in [6.07, 6.45) is 2.64. The molecular weight excluding hydrogens is 198 g/mol. The van der Waals surface area contributed by atoms with Crippen molar-refractivity contribution in [1.82, 2.24) is 4.72 Å². The van der Waals surface area contributed by atoms with E-state index in [-0.39, 0.29) is 10.3 Å². The van der Waals surface area contributed by atoms with Crippen molar-refractivity contribution in [2.24, 2.45) is 0 Å². The molecule has 0 aliphatic carbocycles. The molecule has 0 aromatic heterocycles. The molecule has 4 heteroatoms. The van der Waals surface area contributed by atoms with Gasteiger partial charge in [-0.15, -0.1) is 11.3 Å². The molecule has 1 rings (SSSR count). The van der Waals surface area contributed by atoms with Crippen LogP contribution in [0.15, 0.2) is 12.7 Å². The van der Waals surface area contributed by atoms with Crippen LogP contribution in [-0.4, -0.2) is 28.1 Å². The molecule has 0 aromatic rings. The van der Waals surface area contributed by atoms with Crippen LogP contribution in [0.4, 0.5) is 0 Å². The lowest BCUT2D eigenvalue weighted by Crippen LogP contribution is -2.63. The predicted molar refractivity (Wildman–Crippen MR) is 59.4 cm³/mol. The van der Waals surface area contributed by atoms with Gasteiger partial charge in [-0.2, -0.15) is 0 Å². The molecule has 1 heterocycles. The van der Waals surface area contributed by atoms with Crippen molar-refractivity contribution in [2.75, 3.05) is 13.2 Å². The van der Waals surface area contributed by atoms with Crippen molar-refractivity contribution in [3.05, 3.63) is 12.7 Å². The van der Waals surface area contributed by atoms with E-state index in [4.69, 9.17) is 4.74 Å². The molecular formula is C10H19NO2S. The first kappa shape index (κ1) is 12.0. The Balaban J connectivity index is 2.52. The van der Waals surface area contributed by atoms with Gasteiger partial charge in [0, 0.05) is 11.4 Å². The van der Waals surface area contributed by atoms with Crippen molar-refractivity contribution < 1.29 is 9.29 Å². The Hall–Kier alpha value is -0.0300. The van der Waals surface area contributed by atoms with Crippen LogP contribution in [0.25, 0.3) is 0 Å². The van der Waals surface area contributed by atoms with Gasteiger partial charge in [0.25, 0.3) is 0 Å². The second kappa shape index (κ2) is 4.23. The van der Waals surface area contributed by atoms with Crippen LogP contribution >= 0.6 is 0 Å². The molecule has 1 fully saturated rings. The zero-order valence-corrected chi connectivity index (χ0v) is 9.95. The Labute approximate surface area is 89.2 Å². The Bertz CT molecular complexity index is 209. The van der Waals surface area contributed by atoms with Gasteiger partial charge in [0.2, 0.25) is 0 Å². The summed E-state index contributed by atoms with van der Waals surface area (Å²) in [7, 11) is 0. The topological polar surface area (TPSA) is 44.3 Å². The van der Waals surface area contributed by atoms with E-state index >= 15 is 0 Å². The van der Waals surface area contributed by atoms with E-state index in [9.17, 15) is 4.55 Å². The number of ether oxygens (including phenoxy) is 1. The van der Waals surface area contributed by atoms with Gasteiger partial charge in [0.1, 0.15) is 10.3 Å². The fourth-order valence-corrected chi connectivity index (χ4v) is 2.09. The molecule has 1 atom stereocenters. The highest BCUT2D eigenvalue weighted by Crippen LogP contribution is 2.25. The van der Waals surface area contributed by atoms with Crippen LogP contribution in [-0.2, 0) is 16.1 Å². The fourth-order valence-electron chi connectivity index (χ4n) is 1.19. The third kappa shape index (κ3) is 2.73. The van der Waals surface area contributed by atoms with Crippen molar-refractivity contribution >= 4 is 11.4 Å². The molecule has 0 spiro atoms. The van der Waals surface area contributed by atoms with Crippen molar-refractivity contribution in [2.45, 2.75) is 37.5 Å². The predicted octanol–water partition coefficient (Wildman–Crippen LogP) is 1.38. The van der Waals surface area contributed by atoms with E-state index in [2.05, 4.69) is 11.3 Å². The van der Waals surface area contributed by atoms with Gasteiger partial charge < -0.3 is 9.29 Å². The average molecular weight is 217 g/mol. The standard InChI is InChI=1S/C10H19NO2S/c1-5-6-10(7-13-8-10)11-14(12)9(2,3)4/h5,11H,1,6-8H2,2-4H3. The van der Waals surface area contributed by atoms with E-state index in [1.54, 1.807) is 0 Å². The molecule has 0 bridgehead atoms. The molecule has 1 saturated heterocycles. The Morgan fingerprint density at radius 1 is 1.57 bits per heavy atom. The van der Waals surface area contributed by atoms with Gasteiger partial charge in [-0.3, -0.25) is 0 Å². The summed E-state index contributed by atoms with van der Waals surface area (Å²) in [6.45, 7) is 10.8. The van der Waals surface area contributed by atoms with Gasteiger partial charge in [0.05, 0.1) is 13.2 Å². The Morgan fingerprint density at radius 2 is 2.14 bits per heavy atom. The molecule has 82 valence electrons. The van der Waals surface area contributed by atoms with Gasteiger partial charge in [0.15, 0.2) is 0 Å². The second-order valence-electron chi connectivity index (χ2n) is 4.75. The molecule has 1 aliphatic heterocycles. The summed E-state index contributed by atoms with van der Waals surface area (Å²) < 4.78 is 19.9. The maximum Gasteiger partial charge on any atom is 0.136 e. The number of nitrogens with one attached hydrogen (secondary N) is 1. The van der Waals surface area contributed by atoms with Gasteiger partial charge in [-0.05, 0) is 27.2 Å². The van der Waals surface area contributed by atoms with E-state index in [0.29, 0.717) is 13.2 Å². The van der Waals surface area contributed by atoms with Crippen molar-refractivity contribution in [1.29, 1.82) is 0 Å². The van der Waals surface area contributed by atoms with Crippen LogP contribution in [0.1, 0.15) is 27.2 Å². The minimum atomic E-state index is -1.03. The molecule has 0 amide bonds. The minimum absolute atomic E-state index is 0.139. The summed E-state index contributed by atoms with van der Waals surface area (Å²) in [5.74, 6) is 0. The lowest BCUT2D eigenvalue weighted by Gasteiger charge is -2.42. The van der Waals surface area contributed by atoms with Crippen LogP contribution in [0.5, 0.6) is 0 Å². The summed E-state index contributed by atoms with van der Waals surface area (Å²) in [6, 6.07) is 0. The minimum Gasteiger partial charge on any atom is -0.598 e. The first-order valence-electron chi connectivity index (χ1n) is 4.78. The third-order valence-electron chi connectivity index (χ3n) is 2.16. The molecule has 1 aliphatic rings. The Morgan fingerprint density at radius 3 is 2.43 bits per heavy atom. The summed E-state index contributed by atoms with van der Waals surface area (Å²) in [5, 5.41) is 0. The van der Waals surface area contributed by atoms with Crippen LogP contribution < -0.4 is 4.72 Å². The fraction of sp³-hybridized carbons (Fsp3) is 0.800. The monoisotopic (exact) mass is 217 g/mol. The maximum atomic E-state index is 11.9. The molecule has 1 N–H and O–H groups in total. The van der Waals surface area contributed by atoms with Crippen molar-refractivity contribution in [3.63, 3.8) is 0 Å². The highest BCUT2D eigenvalue weighted by Gasteiger charge is 2.44. The highest BCUT2D eigenvalue weighted by molar-refractivity contribution is 7.90. The van der Waals surface area contributed by atoms with E-state index in [1.165, 1.54) is 0 Å². The maximum absolute atomic E-state index is 11.9. The lowest BCUT2D eigenvalue weighted by atomic mass is 9.95. The number of hydrogen-bond acceptors (Lipinski definition) is 3. The summed E-state index contributed by atoms with van der Waals surface area (Å²) in [4.78, 5) is 0. The summed E-state index contributed by atoms with van der Waals surface area (Å²) in [5.41, 5.74) is -0.139. The normalized spacial score (nSPS) is 22.6. The molecule has 0 saturated carbocycles. The summed E-state index contributed by atoms with van der Waals surface area (Å²) >= 11 is -1.03. The lowest BCUT2D eigenvalue weighted by molar-refractivity contribution is -0.0609. The van der Waals surface area contributed by atoms with Crippen LogP contribution in [0.3, 0.4) is 0 Å². The van der Waals surface area contributed by atoms with Gasteiger partial charge in [-0.1, -0.05) is 6.08 Å². The zero-order valence-electron chi connectivity index (χ0n) is 9.13. The van der Waals surface area contributed by atoms with Gasteiger partial charge >= 0.3 is 0 Å². The SMILES string of the molecule is C=CCC1(N[S+]([O-])C(C)(C)C)COC1. The van der Waals surface area contributed by atoms with Crippen LogP contribution in [0, 0.1) is 0 Å². The molecule has 1 unspecified atom stereocenters. The van der Waals surface area contributed by atoms with E-state index in [0.717, 1.165) is 6.42 Å². The van der Waals surface area contributed by atoms with E-state index < -0.39 is 11.4 Å². The first-order chi connectivity index (χ1) is 6.40. The molecule has 3 nitrogen and oxygen atoms in total. The van der Waals surface area contributed by atoms with Gasteiger partial charge in [-0.25, -0.2) is 0 Å². The first-order valence-corrected chi connectivity index (χ1v) is 5.93. The zero-order chi connectivity index (χ0) is 10.8. The highest BCUT2D eigenvalue weighted by atomic mass is 32.2.